The van der Waals surface area contributed by atoms with E-state index in [-0.39, 0.29) is 28.8 Å². The fourth-order valence-corrected chi connectivity index (χ4v) is 6.41. The summed E-state index contributed by atoms with van der Waals surface area (Å²) in [7, 11) is -1.99. The first-order chi connectivity index (χ1) is 13.4. The fraction of sp³-hybridized carbons (Fsp3) is 0.333. The molecule has 1 saturated heterocycles. The first kappa shape index (κ1) is 19.3. The van der Waals surface area contributed by atoms with E-state index in [1.54, 1.807) is 35.4 Å². The molecule has 1 fully saturated rings. The number of sulfonamides is 1. The number of nitrogens with zero attached hydrogens (tertiary/aromatic N) is 3. The van der Waals surface area contributed by atoms with Gasteiger partial charge in [0.15, 0.2) is 0 Å². The molecule has 10 heteroatoms. The molecule has 3 aromatic rings. The second kappa shape index (κ2) is 7.43. The lowest BCUT2D eigenvalue weighted by atomic mass is 10.3. The van der Waals surface area contributed by atoms with Crippen molar-refractivity contribution >= 4 is 48.8 Å². The van der Waals surface area contributed by atoms with Crippen LogP contribution >= 0.6 is 22.7 Å². The van der Waals surface area contributed by atoms with Crippen molar-refractivity contribution in [3.05, 3.63) is 50.3 Å². The van der Waals surface area contributed by atoms with Crippen molar-refractivity contribution in [2.24, 2.45) is 7.05 Å². The zero-order valence-corrected chi connectivity index (χ0v) is 17.6. The van der Waals surface area contributed by atoms with Crippen molar-refractivity contribution in [2.75, 3.05) is 26.2 Å². The molecule has 4 rings (SSSR count). The highest BCUT2D eigenvalue weighted by molar-refractivity contribution is 7.89. The topological polar surface area (TPSA) is 79.7 Å². The molecule has 148 valence electrons. The molecule has 1 aromatic carbocycles. The summed E-state index contributed by atoms with van der Waals surface area (Å²) in [6.07, 6.45) is 0.355. The Morgan fingerprint density at radius 2 is 1.89 bits per heavy atom. The van der Waals surface area contributed by atoms with Crippen LogP contribution in [0.15, 0.2) is 45.4 Å². The van der Waals surface area contributed by atoms with Gasteiger partial charge in [-0.3, -0.25) is 9.59 Å². The maximum atomic E-state index is 13.0. The van der Waals surface area contributed by atoms with E-state index in [1.807, 2.05) is 17.5 Å². The van der Waals surface area contributed by atoms with Gasteiger partial charge in [0.1, 0.15) is 0 Å². The van der Waals surface area contributed by atoms with Crippen molar-refractivity contribution in [3.8, 4) is 0 Å². The normalized spacial score (nSPS) is 16.0. The van der Waals surface area contributed by atoms with Crippen LogP contribution in [0, 0.1) is 0 Å². The molecule has 0 atom stereocenters. The highest BCUT2D eigenvalue weighted by Crippen LogP contribution is 2.24. The van der Waals surface area contributed by atoms with Gasteiger partial charge in [0.05, 0.1) is 21.5 Å². The Kier molecular flexibility index (Phi) is 5.13. The minimum absolute atomic E-state index is 0.0231. The highest BCUT2D eigenvalue weighted by atomic mass is 32.2. The Balaban J connectivity index is 1.47. The summed E-state index contributed by atoms with van der Waals surface area (Å²) in [5.41, 5.74) is 0.720. The lowest BCUT2D eigenvalue weighted by Gasteiger charge is -2.34. The van der Waals surface area contributed by atoms with Crippen molar-refractivity contribution in [1.29, 1.82) is 0 Å². The number of aromatic nitrogens is 1. The van der Waals surface area contributed by atoms with Crippen LogP contribution in [0.1, 0.15) is 4.88 Å². The van der Waals surface area contributed by atoms with Crippen LogP contribution in [0.4, 0.5) is 0 Å². The molecule has 0 bridgehead atoms. The van der Waals surface area contributed by atoms with E-state index in [0.29, 0.717) is 24.2 Å². The first-order valence-corrected chi connectivity index (χ1v) is 11.9. The zero-order chi connectivity index (χ0) is 19.9. The third-order valence-corrected chi connectivity index (χ3v) is 8.66. The standard InChI is InChI=1S/C18H19N3O4S3/c1-19-15-5-4-14(12-16(15)27-18(19)23)28(24,25)21-8-6-20(7-9-21)17(22)11-13-3-2-10-26-13/h2-5,10,12H,6-9,11H2,1H3. The molecule has 0 unspecified atom stereocenters. The maximum Gasteiger partial charge on any atom is 0.307 e. The molecule has 1 amide bonds. The molecule has 3 heterocycles. The molecule has 0 saturated carbocycles. The minimum Gasteiger partial charge on any atom is -0.340 e. The Bertz CT molecular complexity index is 1170. The van der Waals surface area contributed by atoms with Gasteiger partial charge in [0, 0.05) is 38.1 Å². The lowest BCUT2D eigenvalue weighted by molar-refractivity contribution is -0.131. The Hall–Kier alpha value is -2.01. The molecule has 1 aliphatic rings. The number of hydrogen-bond acceptors (Lipinski definition) is 6. The molecular weight excluding hydrogens is 418 g/mol. The Morgan fingerprint density at radius 3 is 2.57 bits per heavy atom. The SMILES string of the molecule is Cn1c(=O)sc2cc(S(=O)(=O)N3CCN(C(=O)Cc4cccs4)CC3)ccc21. The second-order valence-corrected chi connectivity index (χ2v) is 10.6. The smallest absolute Gasteiger partial charge is 0.307 e. The number of rotatable bonds is 4. The summed E-state index contributed by atoms with van der Waals surface area (Å²) >= 11 is 2.58. The van der Waals surface area contributed by atoms with Gasteiger partial charge in [0.2, 0.25) is 15.9 Å². The number of thiophene rings is 1. The van der Waals surface area contributed by atoms with E-state index in [0.717, 1.165) is 21.7 Å². The minimum atomic E-state index is -3.66. The van der Waals surface area contributed by atoms with Gasteiger partial charge in [-0.1, -0.05) is 17.4 Å². The Labute approximate surface area is 170 Å². The quantitative estimate of drug-likeness (QED) is 0.623. The summed E-state index contributed by atoms with van der Waals surface area (Å²) in [5.74, 6) is 0.0231. The second-order valence-electron chi connectivity index (χ2n) is 6.60. The van der Waals surface area contributed by atoms with Crippen molar-refractivity contribution in [1.82, 2.24) is 13.8 Å². The molecular formula is C18H19N3O4S3. The van der Waals surface area contributed by atoms with Crippen molar-refractivity contribution < 1.29 is 13.2 Å². The first-order valence-electron chi connectivity index (χ1n) is 8.76. The molecule has 0 spiro atoms. The maximum absolute atomic E-state index is 13.0. The molecule has 0 aliphatic carbocycles. The van der Waals surface area contributed by atoms with Crippen LogP contribution in [0.3, 0.4) is 0 Å². The van der Waals surface area contributed by atoms with Gasteiger partial charge in [-0.05, 0) is 29.6 Å². The van der Waals surface area contributed by atoms with Crippen LogP contribution in [0.2, 0.25) is 0 Å². The van der Waals surface area contributed by atoms with Gasteiger partial charge >= 0.3 is 4.87 Å². The number of hydrogen-bond donors (Lipinski definition) is 0. The van der Waals surface area contributed by atoms with Crippen LogP contribution < -0.4 is 4.87 Å². The number of piperazine rings is 1. The van der Waals surface area contributed by atoms with E-state index in [1.165, 1.54) is 14.9 Å². The molecule has 2 aromatic heterocycles. The van der Waals surface area contributed by atoms with Crippen LogP contribution in [-0.4, -0.2) is 54.3 Å². The van der Waals surface area contributed by atoms with E-state index >= 15 is 0 Å². The van der Waals surface area contributed by atoms with Crippen LogP contribution in [-0.2, 0) is 28.3 Å². The average Bonchev–Trinajstić information content (AvgIpc) is 3.29. The number of aryl methyl sites for hydroxylation is 1. The van der Waals surface area contributed by atoms with Crippen LogP contribution in [0.5, 0.6) is 0 Å². The number of carbonyl (C=O) groups is 1. The van der Waals surface area contributed by atoms with Gasteiger partial charge in [-0.2, -0.15) is 4.31 Å². The molecule has 28 heavy (non-hydrogen) atoms. The monoisotopic (exact) mass is 437 g/mol. The molecule has 1 aliphatic heterocycles. The van der Waals surface area contributed by atoms with E-state index in [2.05, 4.69) is 0 Å². The zero-order valence-electron chi connectivity index (χ0n) is 15.2. The summed E-state index contributed by atoms with van der Waals surface area (Å²) in [5, 5.41) is 1.94. The van der Waals surface area contributed by atoms with Crippen LogP contribution in [0.25, 0.3) is 10.2 Å². The average molecular weight is 438 g/mol. The largest absolute Gasteiger partial charge is 0.340 e. The van der Waals surface area contributed by atoms with Crippen molar-refractivity contribution in [2.45, 2.75) is 11.3 Å². The van der Waals surface area contributed by atoms with E-state index < -0.39 is 10.0 Å². The summed E-state index contributed by atoms with van der Waals surface area (Å²) in [4.78, 5) is 27.0. The number of benzene rings is 1. The van der Waals surface area contributed by atoms with E-state index in [9.17, 15) is 18.0 Å². The fourth-order valence-electron chi connectivity index (χ4n) is 3.28. The number of amides is 1. The van der Waals surface area contributed by atoms with Gasteiger partial charge < -0.3 is 9.47 Å². The summed E-state index contributed by atoms with van der Waals surface area (Å²) in [6.45, 7) is 1.29. The number of carbonyl (C=O) groups excluding carboxylic acids is 1. The van der Waals surface area contributed by atoms with Gasteiger partial charge in [-0.15, -0.1) is 11.3 Å². The predicted molar refractivity (Wildman–Crippen MR) is 110 cm³/mol. The van der Waals surface area contributed by atoms with Gasteiger partial charge in [-0.25, -0.2) is 8.42 Å². The van der Waals surface area contributed by atoms with E-state index in [4.69, 9.17) is 0 Å². The number of fused-ring (bicyclic) bond motifs is 1. The molecule has 0 radical (unpaired) electrons. The Morgan fingerprint density at radius 1 is 1.14 bits per heavy atom. The number of thiazole rings is 1. The van der Waals surface area contributed by atoms with Crippen molar-refractivity contribution in [3.63, 3.8) is 0 Å². The third-order valence-electron chi connectivity index (χ3n) is 4.90. The lowest BCUT2D eigenvalue weighted by Crippen LogP contribution is -2.50. The molecule has 0 N–H and O–H groups in total. The summed E-state index contributed by atoms with van der Waals surface area (Å²) in [6, 6.07) is 8.61. The highest BCUT2D eigenvalue weighted by Gasteiger charge is 2.30. The van der Waals surface area contributed by atoms with Gasteiger partial charge in [0.25, 0.3) is 0 Å². The summed E-state index contributed by atoms with van der Waals surface area (Å²) < 4.78 is 29.6. The third kappa shape index (κ3) is 3.52. The molecule has 7 nitrogen and oxygen atoms in total. The predicted octanol–water partition coefficient (Wildman–Crippen LogP) is 1.74.